The fraction of sp³-hybridized carbons (Fsp3) is 0.200. The first-order chi connectivity index (χ1) is 13.4. The average molecular weight is 485 g/mol. The smallest absolute Gasteiger partial charge is 0.254 e. The number of amides is 2. The largest absolute Gasteiger partial charge is 0.490 e. The van der Waals surface area contributed by atoms with Gasteiger partial charge in [0.25, 0.3) is 5.91 Å². The lowest BCUT2D eigenvalue weighted by Crippen LogP contribution is -2.19. The van der Waals surface area contributed by atoms with E-state index in [4.69, 9.17) is 32.7 Å². The molecule has 1 fully saturated rings. The Morgan fingerprint density at radius 1 is 1.18 bits per heavy atom. The highest BCUT2D eigenvalue weighted by Gasteiger charge is 2.24. The van der Waals surface area contributed by atoms with E-state index in [1.54, 1.807) is 36.4 Å². The van der Waals surface area contributed by atoms with Crippen LogP contribution in [0.1, 0.15) is 24.5 Å². The predicted molar refractivity (Wildman–Crippen MR) is 112 cm³/mol. The molecule has 2 aromatic carbocycles. The zero-order valence-electron chi connectivity index (χ0n) is 14.9. The topological polar surface area (TPSA) is 64.6 Å². The molecule has 8 heteroatoms. The minimum atomic E-state index is -0.380. The third-order valence-corrected chi connectivity index (χ3v) is 5.14. The van der Waals surface area contributed by atoms with Crippen LogP contribution in [0.5, 0.6) is 11.5 Å². The summed E-state index contributed by atoms with van der Waals surface area (Å²) in [6, 6.07) is 8.71. The molecule has 2 amide bonds. The lowest BCUT2D eigenvalue weighted by atomic mass is 10.1. The van der Waals surface area contributed by atoms with Gasteiger partial charge in [-0.25, -0.2) is 0 Å². The summed E-state index contributed by atoms with van der Waals surface area (Å²) in [5.41, 5.74) is 1.86. The molecule has 1 heterocycles. The van der Waals surface area contributed by atoms with Gasteiger partial charge in [0.2, 0.25) is 5.91 Å². The van der Waals surface area contributed by atoms with Crippen LogP contribution in [-0.2, 0) is 16.2 Å². The van der Waals surface area contributed by atoms with Gasteiger partial charge in [0.1, 0.15) is 6.61 Å². The van der Waals surface area contributed by atoms with Crippen LogP contribution in [0, 0.1) is 0 Å². The highest BCUT2D eigenvalue weighted by molar-refractivity contribution is 9.10. The van der Waals surface area contributed by atoms with Gasteiger partial charge < -0.3 is 9.47 Å². The molecule has 1 N–H and O–H groups in total. The van der Waals surface area contributed by atoms with Crippen LogP contribution >= 0.6 is 39.1 Å². The van der Waals surface area contributed by atoms with E-state index >= 15 is 0 Å². The van der Waals surface area contributed by atoms with E-state index in [1.807, 2.05) is 6.92 Å². The van der Waals surface area contributed by atoms with E-state index in [-0.39, 0.29) is 24.8 Å². The standard InChI is InChI=1S/C20H16BrCl2NO4/c1-2-27-17-7-11(5-12-9-18(25)24-20(12)26)6-15(21)19(17)28-10-13-8-14(22)3-4-16(13)23/h3-8H,2,9-10H2,1H3,(H,24,25,26). The van der Waals surface area contributed by atoms with Gasteiger partial charge in [-0.1, -0.05) is 23.2 Å². The number of ether oxygens (including phenoxy) is 2. The molecule has 1 aliphatic heterocycles. The van der Waals surface area contributed by atoms with Gasteiger partial charge >= 0.3 is 0 Å². The minimum Gasteiger partial charge on any atom is -0.490 e. The molecule has 5 nitrogen and oxygen atoms in total. The van der Waals surface area contributed by atoms with Gasteiger partial charge in [-0.3, -0.25) is 14.9 Å². The maximum atomic E-state index is 11.8. The maximum Gasteiger partial charge on any atom is 0.254 e. The minimum absolute atomic E-state index is 0.0614. The summed E-state index contributed by atoms with van der Waals surface area (Å²) in [4.78, 5) is 23.1. The summed E-state index contributed by atoms with van der Waals surface area (Å²) in [7, 11) is 0. The van der Waals surface area contributed by atoms with Crippen molar-refractivity contribution in [3.8, 4) is 11.5 Å². The van der Waals surface area contributed by atoms with Crippen LogP contribution in [0.25, 0.3) is 6.08 Å². The van der Waals surface area contributed by atoms with Crippen molar-refractivity contribution < 1.29 is 19.1 Å². The van der Waals surface area contributed by atoms with Crippen molar-refractivity contribution in [3.63, 3.8) is 0 Å². The van der Waals surface area contributed by atoms with E-state index in [2.05, 4.69) is 21.2 Å². The lowest BCUT2D eigenvalue weighted by molar-refractivity contribution is -0.124. The first kappa shape index (κ1) is 20.7. The van der Waals surface area contributed by atoms with Crippen molar-refractivity contribution in [1.82, 2.24) is 5.32 Å². The quantitative estimate of drug-likeness (QED) is 0.454. The lowest BCUT2D eigenvalue weighted by Gasteiger charge is -2.15. The highest BCUT2D eigenvalue weighted by Crippen LogP contribution is 2.38. The van der Waals surface area contributed by atoms with Crippen LogP contribution in [0.15, 0.2) is 40.4 Å². The molecule has 0 saturated carbocycles. The van der Waals surface area contributed by atoms with Crippen molar-refractivity contribution in [1.29, 1.82) is 0 Å². The molecule has 2 aromatic rings. The molecule has 1 aliphatic rings. The van der Waals surface area contributed by atoms with Gasteiger partial charge in [0.15, 0.2) is 11.5 Å². The van der Waals surface area contributed by atoms with Crippen LogP contribution in [0.3, 0.4) is 0 Å². The van der Waals surface area contributed by atoms with Crippen molar-refractivity contribution >= 4 is 57.0 Å². The molecule has 0 bridgehead atoms. The number of hydrogen-bond donors (Lipinski definition) is 1. The van der Waals surface area contributed by atoms with Gasteiger partial charge in [-0.15, -0.1) is 0 Å². The zero-order valence-corrected chi connectivity index (χ0v) is 18.0. The second kappa shape index (κ2) is 8.99. The van der Waals surface area contributed by atoms with Crippen molar-refractivity contribution in [3.05, 3.63) is 61.5 Å². The van der Waals surface area contributed by atoms with Crippen molar-refractivity contribution in [2.45, 2.75) is 20.0 Å². The molecular weight excluding hydrogens is 469 g/mol. The maximum absolute atomic E-state index is 11.8. The number of carbonyl (C=O) groups excluding carboxylic acids is 2. The van der Waals surface area contributed by atoms with Gasteiger partial charge in [0.05, 0.1) is 17.5 Å². The number of carbonyl (C=O) groups is 2. The van der Waals surface area contributed by atoms with E-state index in [0.29, 0.717) is 43.8 Å². The summed E-state index contributed by atoms with van der Waals surface area (Å²) in [5.74, 6) is 0.326. The Bertz CT molecular complexity index is 975. The van der Waals surface area contributed by atoms with Crippen molar-refractivity contribution in [2.75, 3.05) is 6.61 Å². The molecule has 28 heavy (non-hydrogen) atoms. The fourth-order valence-corrected chi connectivity index (χ4v) is 3.64. The second-order valence-corrected chi connectivity index (χ2v) is 7.71. The van der Waals surface area contributed by atoms with Crippen LogP contribution in [-0.4, -0.2) is 18.4 Å². The molecular formula is C20H16BrCl2NO4. The SMILES string of the molecule is CCOc1cc(C=C2CC(=O)NC2=O)cc(Br)c1OCc1cc(Cl)ccc1Cl. The van der Waals surface area contributed by atoms with E-state index in [0.717, 1.165) is 5.56 Å². The number of benzene rings is 2. The third-order valence-electron chi connectivity index (χ3n) is 3.95. The first-order valence-electron chi connectivity index (χ1n) is 8.45. The first-order valence-corrected chi connectivity index (χ1v) is 10.00. The second-order valence-electron chi connectivity index (χ2n) is 6.01. The van der Waals surface area contributed by atoms with Crippen LogP contribution in [0.4, 0.5) is 0 Å². The monoisotopic (exact) mass is 483 g/mol. The molecule has 0 radical (unpaired) electrons. The summed E-state index contributed by atoms with van der Waals surface area (Å²) < 4.78 is 12.3. The summed E-state index contributed by atoms with van der Waals surface area (Å²) >= 11 is 15.7. The summed E-state index contributed by atoms with van der Waals surface area (Å²) in [5, 5.41) is 3.38. The van der Waals surface area contributed by atoms with Crippen LogP contribution < -0.4 is 14.8 Å². The Balaban J connectivity index is 1.89. The Labute approximate surface area is 180 Å². The highest BCUT2D eigenvalue weighted by atomic mass is 79.9. The van der Waals surface area contributed by atoms with E-state index in [1.165, 1.54) is 0 Å². The number of imide groups is 1. The normalized spacial score (nSPS) is 15.1. The van der Waals surface area contributed by atoms with E-state index in [9.17, 15) is 9.59 Å². The molecule has 3 rings (SSSR count). The van der Waals surface area contributed by atoms with Crippen LogP contribution in [0.2, 0.25) is 10.0 Å². The Hall–Kier alpha value is -2.02. The molecule has 0 spiro atoms. The number of halogens is 3. The predicted octanol–water partition coefficient (Wildman–Crippen LogP) is 5.16. The molecule has 0 atom stereocenters. The van der Waals surface area contributed by atoms with Gasteiger partial charge in [-0.05, 0) is 64.8 Å². The Morgan fingerprint density at radius 2 is 1.96 bits per heavy atom. The van der Waals surface area contributed by atoms with Gasteiger partial charge in [-0.2, -0.15) is 0 Å². The number of nitrogens with one attached hydrogen (secondary N) is 1. The third kappa shape index (κ3) is 4.87. The van der Waals surface area contributed by atoms with E-state index < -0.39 is 0 Å². The van der Waals surface area contributed by atoms with Crippen molar-refractivity contribution in [2.24, 2.45) is 0 Å². The molecule has 0 unspecified atom stereocenters. The molecule has 146 valence electrons. The Morgan fingerprint density at radius 3 is 2.64 bits per heavy atom. The number of hydrogen-bond acceptors (Lipinski definition) is 4. The Kier molecular flexibility index (Phi) is 6.65. The molecule has 1 saturated heterocycles. The van der Waals surface area contributed by atoms with Gasteiger partial charge in [0, 0.05) is 21.2 Å². The molecule has 0 aliphatic carbocycles. The molecule has 0 aromatic heterocycles. The average Bonchev–Trinajstić information content (AvgIpc) is 2.94. The zero-order chi connectivity index (χ0) is 20.3. The summed E-state index contributed by atoms with van der Waals surface area (Å²) in [6.45, 7) is 2.49. The summed E-state index contributed by atoms with van der Waals surface area (Å²) in [6.07, 6.45) is 1.72. The number of rotatable bonds is 6. The fourth-order valence-electron chi connectivity index (χ4n) is 2.70.